The predicted molar refractivity (Wildman–Crippen MR) is 72.0 cm³/mol. The molecule has 0 aliphatic rings. The SMILES string of the molecule is COc1ccc(CC(C)C)cc1.I.N. The van der Waals surface area contributed by atoms with Crippen molar-refractivity contribution < 1.29 is 4.74 Å². The average Bonchev–Trinajstić information content (AvgIpc) is 2.05. The number of methoxy groups -OCH3 is 1. The van der Waals surface area contributed by atoms with Gasteiger partial charge in [-0.25, -0.2) is 0 Å². The van der Waals surface area contributed by atoms with Gasteiger partial charge in [-0.3, -0.25) is 0 Å². The number of hydrogen-bond donors (Lipinski definition) is 1. The smallest absolute Gasteiger partial charge is 0.118 e. The van der Waals surface area contributed by atoms with Crippen LogP contribution in [0.25, 0.3) is 0 Å². The van der Waals surface area contributed by atoms with E-state index in [1.165, 1.54) is 5.56 Å². The van der Waals surface area contributed by atoms with E-state index in [1.54, 1.807) is 7.11 Å². The largest absolute Gasteiger partial charge is 0.497 e. The summed E-state index contributed by atoms with van der Waals surface area (Å²) < 4.78 is 5.07. The molecule has 0 radical (unpaired) electrons. The first-order chi connectivity index (χ1) is 5.72. The minimum Gasteiger partial charge on any atom is -0.497 e. The summed E-state index contributed by atoms with van der Waals surface area (Å²) in [6.07, 6.45) is 1.14. The maximum atomic E-state index is 5.07. The second-order valence-corrected chi connectivity index (χ2v) is 3.45. The van der Waals surface area contributed by atoms with E-state index in [1.807, 2.05) is 12.1 Å². The van der Waals surface area contributed by atoms with Gasteiger partial charge in [-0.1, -0.05) is 26.0 Å². The highest BCUT2D eigenvalue weighted by Gasteiger charge is 1.97. The summed E-state index contributed by atoms with van der Waals surface area (Å²) in [4.78, 5) is 0. The highest BCUT2D eigenvalue weighted by atomic mass is 127. The molecule has 0 spiro atoms. The lowest BCUT2D eigenvalue weighted by molar-refractivity contribution is 0.414. The molecule has 0 bridgehead atoms. The minimum atomic E-state index is 0. The van der Waals surface area contributed by atoms with E-state index >= 15 is 0 Å². The van der Waals surface area contributed by atoms with E-state index in [2.05, 4.69) is 26.0 Å². The van der Waals surface area contributed by atoms with Gasteiger partial charge in [0.2, 0.25) is 0 Å². The van der Waals surface area contributed by atoms with Gasteiger partial charge in [0.1, 0.15) is 5.75 Å². The zero-order chi connectivity index (χ0) is 8.97. The Bertz CT molecular complexity index is 234. The molecule has 82 valence electrons. The Kier molecular flexibility index (Phi) is 9.29. The van der Waals surface area contributed by atoms with Crippen LogP contribution in [0, 0.1) is 5.92 Å². The van der Waals surface area contributed by atoms with Crippen LogP contribution in [0.1, 0.15) is 19.4 Å². The van der Waals surface area contributed by atoms with Crippen LogP contribution in [-0.2, 0) is 6.42 Å². The van der Waals surface area contributed by atoms with Crippen molar-refractivity contribution in [3.8, 4) is 5.75 Å². The van der Waals surface area contributed by atoms with E-state index in [9.17, 15) is 0 Å². The summed E-state index contributed by atoms with van der Waals surface area (Å²) in [7, 11) is 1.69. The van der Waals surface area contributed by atoms with Crippen molar-refractivity contribution in [3.05, 3.63) is 29.8 Å². The van der Waals surface area contributed by atoms with Crippen LogP contribution >= 0.6 is 24.0 Å². The van der Waals surface area contributed by atoms with E-state index in [0.717, 1.165) is 18.1 Å². The van der Waals surface area contributed by atoms with Gasteiger partial charge in [-0.15, -0.1) is 24.0 Å². The summed E-state index contributed by atoms with van der Waals surface area (Å²) in [5.41, 5.74) is 1.38. The summed E-state index contributed by atoms with van der Waals surface area (Å²) >= 11 is 0. The molecule has 1 aromatic rings. The molecular formula is C11H20INO. The average molecular weight is 309 g/mol. The Hall–Kier alpha value is -0.290. The van der Waals surface area contributed by atoms with Gasteiger partial charge in [0.05, 0.1) is 7.11 Å². The van der Waals surface area contributed by atoms with E-state index in [-0.39, 0.29) is 30.1 Å². The minimum absolute atomic E-state index is 0. The lowest BCUT2D eigenvalue weighted by atomic mass is 10.0. The van der Waals surface area contributed by atoms with Crippen molar-refractivity contribution in [1.29, 1.82) is 0 Å². The molecule has 2 nitrogen and oxygen atoms in total. The molecular weight excluding hydrogens is 289 g/mol. The molecule has 3 N–H and O–H groups in total. The van der Waals surface area contributed by atoms with Gasteiger partial charge >= 0.3 is 0 Å². The molecule has 0 atom stereocenters. The molecule has 0 unspecified atom stereocenters. The topological polar surface area (TPSA) is 44.2 Å². The number of ether oxygens (including phenoxy) is 1. The fraction of sp³-hybridized carbons (Fsp3) is 0.455. The van der Waals surface area contributed by atoms with Gasteiger partial charge in [0.25, 0.3) is 0 Å². The second kappa shape index (κ2) is 8.05. The lowest BCUT2D eigenvalue weighted by Gasteiger charge is -2.05. The molecule has 1 rings (SSSR count). The Balaban J connectivity index is 0. The predicted octanol–water partition coefficient (Wildman–Crippen LogP) is 3.67. The molecule has 0 aliphatic heterocycles. The molecule has 1 aromatic carbocycles. The maximum absolute atomic E-state index is 5.07. The van der Waals surface area contributed by atoms with Gasteiger partial charge in [0.15, 0.2) is 0 Å². The number of benzene rings is 1. The summed E-state index contributed by atoms with van der Waals surface area (Å²) in [6, 6.07) is 8.27. The van der Waals surface area contributed by atoms with Gasteiger partial charge in [-0.2, -0.15) is 0 Å². The Morgan fingerprint density at radius 1 is 1.14 bits per heavy atom. The van der Waals surface area contributed by atoms with Crippen molar-refractivity contribution in [3.63, 3.8) is 0 Å². The van der Waals surface area contributed by atoms with Gasteiger partial charge in [0, 0.05) is 0 Å². The quantitative estimate of drug-likeness (QED) is 0.866. The molecule has 0 aliphatic carbocycles. The Morgan fingerprint density at radius 3 is 2.00 bits per heavy atom. The third kappa shape index (κ3) is 5.44. The zero-order valence-electron chi connectivity index (χ0n) is 9.12. The third-order valence-electron chi connectivity index (χ3n) is 1.80. The van der Waals surface area contributed by atoms with Crippen LogP contribution < -0.4 is 10.9 Å². The highest BCUT2D eigenvalue weighted by Crippen LogP contribution is 2.13. The molecule has 3 heteroatoms. The standard InChI is InChI=1S/C11H16O.HI.H3N/c1-9(2)8-10-4-6-11(12-3)7-5-10;;/h4-7,9H,8H2,1-3H3;1H;1H3. The monoisotopic (exact) mass is 309 g/mol. The summed E-state index contributed by atoms with van der Waals surface area (Å²) in [5.74, 6) is 1.65. The van der Waals surface area contributed by atoms with Crippen LogP contribution in [0.5, 0.6) is 5.75 Å². The lowest BCUT2D eigenvalue weighted by Crippen LogP contribution is -1.93. The number of halogens is 1. The third-order valence-corrected chi connectivity index (χ3v) is 1.80. The van der Waals surface area contributed by atoms with Crippen LogP contribution in [0.4, 0.5) is 0 Å². The van der Waals surface area contributed by atoms with Crippen LogP contribution in [0.3, 0.4) is 0 Å². The van der Waals surface area contributed by atoms with Crippen LogP contribution in [0.15, 0.2) is 24.3 Å². The fourth-order valence-electron chi connectivity index (χ4n) is 1.23. The fourth-order valence-corrected chi connectivity index (χ4v) is 1.23. The van der Waals surface area contributed by atoms with Crippen molar-refractivity contribution in [2.75, 3.05) is 7.11 Å². The molecule has 0 fully saturated rings. The second-order valence-electron chi connectivity index (χ2n) is 3.45. The molecule has 14 heavy (non-hydrogen) atoms. The summed E-state index contributed by atoms with van der Waals surface area (Å²) in [6.45, 7) is 4.45. The van der Waals surface area contributed by atoms with Crippen LogP contribution in [-0.4, -0.2) is 7.11 Å². The molecule has 0 aromatic heterocycles. The Labute approximate surface area is 104 Å². The number of rotatable bonds is 3. The molecule has 0 saturated carbocycles. The molecule has 0 saturated heterocycles. The Morgan fingerprint density at radius 2 is 1.64 bits per heavy atom. The summed E-state index contributed by atoms with van der Waals surface area (Å²) in [5, 5.41) is 0. The maximum Gasteiger partial charge on any atom is 0.118 e. The molecule has 0 heterocycles. The van der Waals surface area contributed by atoms with Crippen molar-refractivity contribution in [1.82, 2.24) is 6.15 Å². The van der Waals surface area contributed by atoms with Gasteiger partial charge < -0.3 is 10.9 Å². The number of hydrogen-bond acceptors (Lipinski definition) is 2. The highest BCUT2D eigenvalue weighted by molar-refractivity contribution is 14.0. The first-order valence-corrected chi connectivity index (χ1v) is 4.35. The first kappa shape index (κ1) is 16.2. The van der Waals surface area contributed by atoms with Crippen molar-refractivity contribution in [2.24, 2.45) is 5.92 Å². The van der Waals surface area contributed by atoms with E-state index in [0.29, 0.717) is 0 Å². The molecule has 0 amide bonds. The zero-order valence-corrected chi connectivity index (χ0v) is 11.4. The van der Waals surface area contributed by atoms with Crippen molar-refractivity contribution in [2.45, 2.75) is 20.3 Å². The first-order valence-electron chi connectivity index (χ1n) is 4.35. The van der Waals surface area contributed by atoms with Crippen molar-refractivity contribution >= 4 is 24.0 Å². The van der Waals surface area contributed by atoms with Crippen LogP contribution in [0.2, 0.25) is 0 Å². The van der Waals surface area contributed by atoms with E-state index in [4.69, 9.17) is 4.74 Å². The van der Waals surface area contributed by atoms with E-state index < -0.39 is 0 Å². The normalized spacial score (nSPS) is 8.86. The van der Waals surface area contributed by atoms with Gasteiger partial charge in [-0.05, 0) is 30.0 Å².